The molecule has 5 heteroatoms. The number of carbonyl (C=O) groups is 1. The summed E-state index contributed by atoms with van der Waals surface area (Å²) in [6.45, 7) is 1.61. The lowest BCUT2D eigenvalue weighted by atomic mass is 10.2. The Kier molecular flexibility index (Phi) is 3.72. The second-order valence-electron chi connectivity index (χ2n) is 3.71. The second-order valence-corrected chi connectivity index (χ2v) is 4.52. The van der Waals surface area contributed by atoms with Crippen LogP contribution in [-0.4, -0.2) is 10.9 Å². The second kappa shape index (κ2) is 5.27. The van der Waals surface area contributed by atoms with Crippen LogP contribution in [0.3, 0.4) is 0 Å². The summed E-state index contributed by atoms with van der Waals surface area (Å²) < 4.78 is 13.9. The number of carbonyl (C=O) groups excluding carboxylic acids is 1. The van der Waals surface area contributed by atoms with Gasteiger partial charge in [-0.2, -0.15) is 0 Å². The first-order valence-electron chi connectivity index (χ1n) is 5.27. The number of nitrogens with zero attached hydrogens (tertiary/aromatic N) is 1. The number of nitrogens with one attached hydrogen (secondary N) is 1. The van der Waals surface area contributed by atoms with Crippen molar-refractivity contribution in [1.82, 2.24) is 4.98 Å². The molecule has 0 atom stereocenters. The SMILES string of the molecule is Cc1c(F)cccc1NC(=O)c1cccc(Br)n1. The molecule has 0 saturated carbocycles. The molecular weight excluding hydrogens is 299 g/mol. The van der Waals surface area contributed by atoms with E-state index in [4.69, 9.17) is 0 Å². The van der Waals surface area contributed by atoms with E-state index in [9.17, 15) is 9.18 Å². The molecule has 1 amide bonds. The fraction of sp³-hybridized carbons (Fsp3) is 0.0769. The highest BCUT2D eigenvalue weighted by Crippen LogP contribution is 2.18. The van der Waals surface area contributed by atoms with Crippen LogP contribution in [0.15, 0.2) is 41.0 Å². The van der Waals surface area contributed by atoms with Crippen molar-refractivity contribution in [1.29, 1.82) is 0 Å². The number of hydrogen-bond acceptors (Lipinski definition) is 2. The molecule has 92 valence electrons. The molecule has 18 heavy (non-hydrogen) atoms. The topological polar surface area (TPSA) is 42.0 Å². The van der Waals surface area contributed by atoms with Crippen LogP contribution in [0.5, 0.6) is 0 Å². The van der Waals surface area contributed by atoms with Gasteiger partial charge >= 0.3 is 0 Å². The minimum atomic E-state index is -0.370. The number of amides is 1. The quantitative estimate of drug-likeness (QED) is 0.862. The molecule has 0 bridgehead atoms. The van der Waals surface area contributed by atoms with E-state index in [-0.39, 0.29) is 17.4 Å². The van der Waals surface area contributed by atoms with Gasteiger partial charge in [0, 0.05) is 11.3 Å². The van der Waals surface area contributed by atoms with Crippen LogP contribution in [0.4, 0.5) is 10.1 Å². The summed E-state index contributed by atoms with van der Waals surface area (Å²) in [7, 11) is 0. The van der Waals surface area contributed by atoms with E-state index in [2.05, 4.69) is 26.2 Å². The summed E-state index contributed by atoms with van der Waals surface area (Å²) in [6, 6.07) is 9.58. The van der Waals surface area contributed by atoms with Crippen molar-refractivity contribution in [2.24, 2.45) is 0 Å². The Hall–Kier alpha value is -1.75. The smallest absolute Gasteiger partial charge is 0.274 e. The van der Waals surface area contributed by atoms with Crippen molar-refractivity contribution < 1.29 is 9.18 Å². The Morgan fingerprint density at radius 3 is 2.72 bits per heavy atom. The number of pyridine rings is 1. The molecule has 0 saturated heterocycles. The van der Waals surface area contributed by atoms with E-state index in [1.165, 1.54) is 6.07 Å². The van der Waals surface area contributed by atoms with Crippen LogP contribution in [0.2, 0.25) is 0 Å². The van der Waals surface area contributed by atoms with Crippen LogP contribution in [0.25, 0.3) is 0 Å². The molecule has 1 aromatic carbocycles. The van der Waals surface area contributed by atoms with Gasteiger partial charge in [-0.25, -0.2) is 9.37 Å². The van der Waals surface area contributed by atoms with Crippen molar-refractivity contribution in [3.8, 4) is 0 Å². The van der Waals surface area contributed by atoms with Gasteiger partial charge in [0.15, 0.2) is 0 Å². The van der Waals surface area contributed by atoms with Gasteiger partial charge in [0.05, 0.1) is 0 Å². The number of hydrogen-bond donors (Lipinski definition) is 1. The predicted octanol–water partition coefficient (Wildman–Crippen LogP) is 3.54. The summed E-state index contributed by atoms with van der Waals surface area (Å²) in [4.78, 5) is 15.9. The zero-order valence-corrected chi connectivity index (χ0v) is 11.2. The minimum absolute atomic E-state index is 0.271. The third kappa shape index (κ3) is 2.73. The number of rotatable bonds is 2. The highest BCUT2D eigenvalue weighted by atomic mass is 79.9. The molecule has 3 nitrogen and oxygen atoms in total. The van der Waals surface area contributed by atoms with Gasteiger partial charge in [-0.15, -0.1) is 0 Å². The molecule has 0 fully saturated rings. The normalized spacial score (nSPS) is 10.2. The lowest BCUT2D eigenvalue weighted by Crippen LogP contribution is -2.14. The van der Waals surface area contributed by atoms with Crippen molar-refractivity contribution in [3.05, 3.63) is 58.1 Å². The summed E-state index contributed by atoms with van der Waals surface area (Å²) >= 11 is 3.19. The van der Waals surface area contributed by atoms with Crippen molar-refractivity contribution >= 4 is 27.5 Å². The van der Waals surface area contributed by atoms with E-state index in [0.717, 1.165) is 0 Å². The first-order valence-corrected chi connectivity index (χ1v) is 6.06. The standard InChI is InChI=1S/C13H10BrFN2O/c1-8-9(15)4-2-5-10(8)17-13(18)11-6-3-7-12(14)16-11/h2-7H,1H3,(H,17,18). The molecule has 0 aliphatic carbocycles. The van der Waals surface area contributed by atoms with E-state index in [1.54, 1.807) is 37.3 Å². The van der Waals surface area contributed by atoms with Gasteiger partial charge in [-0.3, -0.25) is 4.79 Å². The zero-order valence-electron chi connectivity index (χ0n) is 9.58. The van der Waals surface area contributed by atoms with Crippen molar-refractivity contribution in [2.45, 2.75) is 6.92 Å². The molecule has 2 rings (SSSR count). The highest BCUT2D eigenvalue weighted by molar-refractivity contribution is 9.10. The predicted molar refractivity (Wildman–Crippen MR) is 71.0 cm³/mol. The first-order chi connectivity index (χ1) is 8.58. The Morgan fingerprint density at radius 2 is 2.00 bits per heavy atom. The van der Waals surface area contributed by atoms with Gasteiger partial charge in [0.25, 0.3) is 5.91 Å². The molecule has 0 aliphatic rings. The highest BCUT2D eigenvalue weighted by Gasteiger charge is 2.10. The third-order valence-corrected chi connectivity index (χ3v) is 2.91. The lowest BCUT2D eigenvalue weighted by molar-refractivity contribution is 0.102. The number of anilines is 1. The van der Waals surface area contributed by atoms with Crippen LogP contribution in [0.1, 0.15) is 16.1 Å². The lowest BCUT2D eigenvalue weighted by Gasteiger charge is -2.08. The average Bonchev–Trinajstić information content (AvgIpc) is 2.35. The fourth-order valence-corrected chi connectivity index (χ4v) is 1.81. The van der Waals surface area contributed by atoms with Gasteiger partial charge in [-0.05, 0) is 47.1 Å². The molecule has 2 aromatic rings. The van der Waals surface area contributed by atoms with Gasteiger partial charge in [0.2, 0.25) is 0 Å². The maximum absolute atomic E-state index is 13.3. The summed E-state index contributed by atoms with van der Waals surface area (Å²) in [5, 5.41) is 2.63. The van der Waals surface area contributed by atoms with E-state index >= 15 is 0 Å². The first kappa shape index (κ1) is 12.7. The van der Waals surface area contributed by atoms with Gasteiger partial charge in [0.1, 0.15) is 16.1 Å². The van der Waals surface area contributed by atoms with Crippen LogP contribution < -0.4 is 5.32 Å². The van der Waals surface area contributed by atoms with E-state index in [1.807, 2.05) is 0 Å². The Labute approximate surface area is 112 Å². The molecule has 0 aliphatic heterocycles. The molecular formula is C13H10BrFN2O. The Morgan fingerprint density at radius 1 is 1.28 bits per heavy atom. The number of halogens is 2. The summed E-state index contributed by atoms with van der Waals surface area (Å²) in [5.41, 5.74) is 1.12. The van der Waals surface area contributed by atoms with Crippen LogP contribution in [0, 0.1) is 12.7 Å². The summed E-state index contributed by atoms with van der Waals surface area (Å²) in [6.07, 6.45) is 0. The molecule has 1 aromatic heterocycles. The molecule has 0 spiro atoms. The van der Waals surface area contributed by atoms with Crippen molar-refractivity contribution in [2.75, 3.05) is 5.32 Å². The fourth-order valence-electron chi connectivity index (χ4n) is 1.46. The zero-order chi connectivity index (χ0) is 13.1. The van der Waals surface area contributed by atoms with Crippen LogP contribution >= 0.6 is 15.9 Å². The molecule has 1 N–H and O–H groups in total. The average molecular weight is 309 g/mol. The Balaban J connectivity index is 2.24. The molecule has 0 radical (unpaired) electrons. The minimum Gasteiger partial charge on any atom is -0.320 e. The van der Waals surface area contributed by atoms with Gasteiger partial charge < -0.3 is 5.32 Å². The maximum atomic E-state index is 13.3. The van der Waals surface area contributed by atoms with Crippen LogP contribution in [-0.2, 0) is 0 Å². The molecule has 0 unspecified atom stereocenters. The molecule has 1 heterocycles. The number of aromatic nitrogens is 1. The largest absolute Gasteiger partial charge is 0.320 e. The maximum Gasteiger partial charge on any atom is 0.274 e. The van der Waals surface area contributed by atoms with Gasteiger partial charge in [-0.1, -0.05) is 12.1 Å². The summed E-state index contributed by atoms with van der Waals surface area (Å²) in [5.74, 6) is -0.722. The van der Waals surface area contributed by atoms with E-state index < -0.39 is 0 Å². The third-order valence-electron chi connectivity index (χ3n) is 2.46. The van der Waals surface area contributed by atoms with E-state index in [0.29, 0.717) is 15.9 Å². The number of benzene rings is 1. The monoisotopic (exact) mass is 308 g/mol. The van der Waals surface area contributed by atoms with Crippen molar-refractivity contribution in [3.63, 3.8) is 0 Å². The Bertz CT molecular complexity index is 601.